The standard InChI is InChI=1S/C23H30FN5O2/c1-6-17-19(14(2)27-31-17)22(30)28-11-9-15(10-12-28)20-21(26-23(3,4)5)29-13-16(24)7-8-18(29)25-20/h7-8,13,15,26H,6,9-12H2,1-5H3. The first-order valence-corrected chi connectivity index (χ1v) is 10.9. The highest BCUT2D eigenvalue weighted by Gasteiger charge is 2.32. The Balaban J connectivity index is 1.58. The molecule has 0 atom stereocenters. The summed E-state index contributed by atoms with van der Waals surface area (Å²) in [6.07, 6.45) is 3.70. The van der Waals surface area contributed by atoms with E-state index in [2.05, 4.69) is 31.2 Å². The molecule has 4 heterocycles. The van der Waals surface area contributed by atoms with E-state index < -0.39 is 0 Å². The minimum atomic E-state index is -0.301. The second kappa shape index (κ2) is 7.98. The Morgan fingerprint density at radius 1 is 1.29 bits per heavy atom. The first kappa shape index (κ1) is 21.3. The van der Waals surface area contributed by atoms with Crippen molar-refractivity contribution >= 4 is 17.4 Å². The van der Waals surface area contributed by atoms with Crippen LogP contribution in [0.1, 0.15) is 74.0 Å². The number of pyridine rings is 1. The molecule has 0 aliphatic carbocycles. The Labute approximate surface area is 181 Å². The van der Waals surface area contributed by atoms with Crippen LogP contribution in [0.4, 0.5) is 10.2 Å². The van der Waals surface area contributed by atoms with Gasteiger partial charge in [-0.15, -0.1) is 0 Å². The molecule has 0 saturated carbocycles. The van der Waals surface area contributed by atoms with Gasteiger partial charge in [-0.2, -0.15) is 0 Å². The van der Waals surface area contributed by atoms with Gasteiger partial charge in [-0.25, -0.2) is 9.37 Å². The zero-order valence-corrected chi connectivity index (χ0v) is 18.8. The van der Waals surface area contributed by atoms with Gasteiger partial charge in [0.2, 0.25) is 0 Å². The van der Waals surface area contributed by atoms with Crippen LogP contribution >= 0.6 is 0 Å². The van der Waals surface area contributed by atoms with Crippen LogP contribution in [0.3, 0.4) is 0 Å². The minimum absolute atomic E-state index is 0.0147. The third kappa shape index (κ3) is 4.16. The van der Waals surface area contributed by atoms with Crippen LogP contribution < -0.4 is 5.32 Å². The zero-order chi connectivity index (χ0) is 22.3. The van der Waals surface area contributed by atoms with Crippen LogP contribution in [0, 0.1) is 12.7 Å². The fourth-order valence-electron chi connectivity index (χ4n) is 4.25. The molecular formula is C23H30FN5O2. The number of nitrogens with zero attached hydrogens (tertiary/aromatic N) is 4. The molecule has 0 spiro atoms. The van der Waals surface area contributed by atoms with Crippen LogP contribution in [0.15, 0.2) is 22.9 Å². The van der Waals surface area contributed by atoms with Crippen molar-refractivity contribution in [2.24, 2.45) is 0 Å². The van der Waals surface area contributed by atoms with E-state index in [4.69, 9.17) is 9.51 Å². The van der Waals surface area contributed by atoms with Crippen molar-refractivity contribution in [1.82, 2.24) is 19.4 Å². The number of hydrogen-bond acceptors (Lipinski definition) is 5. The Morgan fingerprint density at radius 3 is 2.65 bits per heavy atom. The number of likely N-dealkylation sites (tertiary alicyclic amines) is 1. The van der Waals surface area contributed by atoms with E-state index in [-0.39, 0.29) is 23.2 Å². The molecule has 0 radical (unpaired) electrons. The summed E-state index contributed by atoms with van der Waals surface area (Å²) in [6, 6.07) is 3.13. The predicted octanol–water partition coefficient (Wildman–Crippen LogP) is 4.56. The molecule has 4 rings (SSSR count). The fourth-order valence-corrected chi connectivity index (χ4v) is 4.25. The second-order valence-corrected chi connectivity index (χ2v) is 9.28. The molecule has 1 fully saturated rings. The predicted molar refractivity (Wildman–Crippen MR) is 117 cm³/mol. The van der Waals surface area contributed by atoms with Crippen LogP contribution in [0.2, 0.25) is 0 Å². The van der Waals surface area contributed by atoms with Crippen molar-refractivity contribution < 1.29 is 13.7 Å². The average molecular weight is 428 g/mol. The van der Waals surface area contributed by atoms with Crippen molar-refractivity contribution in [3.05, 3.63) is 46.9 Å². The van der Waals surface area contributed by atoms with Crippen molar-refractivity contribution in [3.63, 3.8) is 0 Å². The van der Waals surface area contributed by atoms with E-state index in [1.165, 1.54) is 12.3 Å². The van der Waals surface area contributed by atoms with Gasteiger partial charge in [0.05, 0.1) is 11.4 Å². The van der Waals surface area contributed by atoms with Crippen LogP contribution in [-0.4, -0.2) is 44.0 Å². The number of anilines is 1. The lowest BCUT2D eigenvalue weighted by molar-refractivity contribution is 0.0709. The highest BCUT2D eigenvalue weighted by molar-refractivity contribution is 5.96. The van der Waals surface area contributed by atoms with Crippen molar-refractivity contribution in [2.45, 2.75) is 65.3 Å². The van der Waals surface area contributed by atoms with Gasteiger partial charge >= 0.3 is 0 Å². The molecule has 3 aromatic heterocycles. The third-order valence-corrected chi connectivity index (χ3v) is 5.74. The number of aryl methyl sites for hydroxylation is 2. The molecule has 0 unspecified atom stereocenters. The van der Waals surface area contributed by atoms with Crippen molar-refractivity contribution in [3.8, 4) is 0 Å². The van der Waals surface area contributed by atoms with E-state index in [9.17, 15) is 9.18 Å². The minimum Gasteiger partial charge on any atom is -0.365 e. The number of hydrogen-bond donors (Lipinski definition) is 1. The SMILES string of the molecule is CCc1onc(C)c1C(=O)N1CCC(c2nc3ccc(F)cn3c2NC(C)(C)C)CC1. The van der Waals surface area contributed by atoms with E-state index in [0.717, 1.165) is 24.4 Å². The molecule has 8 heteroatoms. The van der Waals surface area contributed by atoms with Gasteiger partial charge in [0.1, 0.15) is 28.6 Å². The number of halogens is 1. The summed E-state index contributed by atoms with van der Waals surface area (Å²) in [7, 11) is 0. The number of imidazole rings is 1. The van der Waals surface area contributed by atoms with E-state index in [1.54, 1.807) is 10.5 Å². The highest BCUT2D eigenvalue weighted by Crippen LogP contribution is 2.35. The molecule has 1 aliphatic heterocycles. The summed E-state index contributed by atoms with van der Waals surface area (Å²) in [4.78, 5) is 19.8. The summed E-state index contributed by atoms with van der Waals surface area (Å²) < 4.78 is 21.0. The largest absolute Gasteiger partial charge is 0.365 e. The van der Waals surface area contributed by atoms with E-state index in [1.807, 2.05) is 18.7 Å². The molecule has 166 valence electrons. The summed E-state index contributed by atoms with van der Waals surface area (Å²) in [5, 5.41) is 7.48. The average Bonchev–Trinajstić information content (AvgIpc) is 3.26. The van der Waals surface area contributed by atoms with Gasteiger partial charge in [-0.05, 0) is 52.7 Å². The summed E-state index contributed by atoms with van der Waals surface area (Å²) in [5.74, 6) is 1.34. The molecule has 0 aromatic carbocycles. The van der Waals surface area contributed by atoms with Gasteiger partial charge in [0, 0.05) is 37.2 Å². The molecule has 3 aromatic rings. The molecule has 1 aliphatic rings. The number of aromatic nitrogens is 3. The van der Waals surface area contributed by atoms with Crippen LogP contribution in [0.25, 0.3) is 5.65 Å². The number of amides is 1. The maximum atomic E-state index is 13.9. The van der Waals surface area contributed by atoms with Gasteiger partial charge in [-0.1, -0.05) is 12.1 Å². The zero-order valence-electron chi connectivity index (χ0n) is 18.8. The molecule has 1 N–H and O–H groups in total. The van der Waals surface area contributed by atoms with Gasteiger partial charge < -0.3 is 14.7 Å². The van der Waals surface area contributed by atoms with E-state index >= 15 is 0 Å². The highest BCUT2D eigenvalue weighted by atomic mass is 19.1. The molecule has 31 heavy (non-hydrogen) atoms. The van der Waals surface area contributed by atoms with Crippen molar-refractivity contribution in [1.29, 1.82) is 0 Å². The first-order valence-electron chi connectivity index (χ1n) is 10.9. The van der Waals surface area contributed by atoms with Gasteiger partial charge in [-0.3, -0.25) is 9.20 Å². The number of carbonyl (C=O) groups is 1. The number of rotatable bonds is 4. The van der Waals surface area contributed by atoms with Gasteiger partial charge in [0.15, 0.2) is 0 Å². The van der Waals surface area contributed by atoms with Crippen LogP contribution in [0.5, 0.6) is 0 Å². The van der Waals surface area contributed by atoms with Crippen molar-refractivity contribution in [2.75, 3.05) is 18.4 Å². The molecule has 1 saturated heterocycles. The summed E-state index contributed by atoms with van der Waals surface area (Å²) in [5.41, 5.74) is 2.69. The lowest BCUT2D eigenvalue weighted by Gasteiger charge is -2.32. The number of piperidine rings is 1. The maximum absolute atomic E-state index is 13.9. The lowest BCUT2D eigenvalue weighted by atomic mass is 9.92. The monoisotopic (exact) mass is 427 g/mol. The molecular weight excluding hydrogens is 397 g/mol. The second-order valence-electron chi connectivity index (χ2n) is 9.28. The maximum Gasteiger partial charge on any atom is 0.259 e. The number of carbonyl (C=O) groups excluding carboxylic acids is 1. The molecule has 7 nitrogen and oxygen atoms in total. The lowest BCUT2D eigenvalue weighted by Crippen LogP contribution is -2.38. The van der Waals surface area contributed by atoms with E-state index in [0.29, 0.717) is 42.2 Å². The summed E-state index contributed by atoms with van der Waals surface area (Å²) >= 11 is 0. The quantitative estimate of drug-likeness (QED) is 0.660. The normalized spacial score (nSPS) is 15.6. The Kier molecular flexibility index (Phi) is 5.49. The van der Waals surface area contributed by atoms with Gasteiger partial charge in [0.25, 0.3) is 5.91 Å². The molecule has 1 amide bonds. The number of nitrogens with one attached hydrogen (secondary N) is 1. The third-order valence-electron chi connectivity index (χ3n) is 5.74. The Morgan fingerprint density at radius 2 is 2.00 bits per heavy atom. The first-order chi connectivity index (χ1) is 14.7. The fraction of sp³-hybridized carbons (Fsp3) is 0.522. The Hall–Kier alpha value is -2.90. The molecule has 0 bridgehead atoms. The Bertz CT molecular complexity index is 1100. The smallest absolute Gasteiger partial charge is 0.259 e. The topological polar surface area (TPSA) is 75.7 Å². The van der Waals surface area contributed by atoms with Crippen LogP contribution in [-0.2, 0) is 6.42 Å². The summed E-state index contributed by atoms with van der Waals surface area (Å²) in [6.45, 7) is 11.3. The number of fused-ring (bicyclic) bond motifs is 1.